The van der Waals surface area contributed by atoms with Gasteiger partial charge in [-0.25, -0.2) is 9.97 Å². The first-order valence-electron chi connectivity index (χ1n) is 8.52. The number of aromatic nitrogens is 2. The molecule has 3 aromatic carbocycles. The molecule has 4 rings (SSSR count). The number of anilines is 2. The summed E-state index contributed by atoms with van der Waals surface area (Å²) in [6, 6.07) is 22.2. The van der Waals surface area contributed by atoms with E-state index in [1.807, 2.05) is 55.5 Å². The van der Waals surface area contributed by atoms with Crippen LogP contribution in [-0.2, 0) is 0 Å². The Morgan fingerprint density at radius 1 is 0.926 bits per heavy atom. The predicted molar refractivity (Wildman–Crippen MR) is 104 cm³/mol. The average molecular weight is 354 g/mol. The highest BCUT2D eigenvalue weighted by molar-refractivity contribution is 5.93. The lowest BCUT2D eigenvalue weighted by Gasteiger charge is -2.12. The van der Waals surface area contributed by atoms with Crippen molar-refractivity contribution in [3.8, 4) is 11.4 Å². The van der Waals surface area contributed by atoms with E-state index >= 15 is 0 Å². The van der Waals surface area contributed by atoms with E-state index in [1.165, 1.54) is 12.1 Å². The number of fused-ring (bicyclic) bond motifs is 1. The number of para-hydroxylation sites is 1. The fraction of sp³-hybridized carbons (Fsp3) is 0.0455. The SMILES string of the molecule is Cc1cccc(-c2nc(Nc3cccc(C(=O)[O-])c3)c3ccccc3n2)c1. The molecule has 0 atom stereocenters. The lowest BCUT2D eigenvalue weighted by atomic mass is 10.1. The Kier molecular flexibility index (Phi) is 4.26. The van der Waals surface area contributed by atoms with Crippen LogP contribution in [0.15, 0.2) is 72.8 Å². The van der Waals surface area contributed by atoms with Crippen molar-refractivity contribution >= 4 is 28.4 Å². The third kappa shape index (κ3) is 3.48. The van der Waals surface area contributed by atoms with Crippen LogP contribution < -0.4 is 10.4 Å². The number of aryl methyl sites for hydroxylation is 1. The van der Waals surface area contributed by atoms with Crippen LogP contribution in [0.25, 0.3) is 22.3 Å². The molecule has 0 aliphatic carbocycles. The summed E-state index contributed by atoms with van der Waals surface area (Å²) in [5, 5.41) is 15.2. The molecule has 0 saturated heterocycles. The number of benzene rings is 3. The lowest BCUT2D eigenvalue weighted by molar-refractivity contribution is -0.255. The lowest BCUT2D eigenvalue weighted by Crippen LogP contribution is -2.22. The van der Waals surface area contributed by atoms with Gasteiger partial charge in [0.2, 0.25) is 0 Å². The summed E-state index contributed by atoms with van der Waals surface area (Å²) < 4.78 is 0. The van der Waals surface area contributed by atoms with Crippen molar-refractivity contribution < 1.29 is 9.90 Å². The highest BCUT2D eigenvalue weighted by atomic mass is 16.4. The van der Waals surface area contributed by atoms with Crippen LogP contribution in [-0.4, -0.2) is 15.9 Å². The normalized spacial score (nSPS) is 10.7. The van der Waals surface area contributed by atoms with E-state index in [-0.39, 0.29) is 5.56 Å². The second-order valence-corrected chi connectivity index (χ2v) is 6.28. The van der Waals surface area contributed by atoms with Gasteiger partial charge in [0.15, 0.2) is 5.82 Å². The van der Waals surface area contributed by atoms with Crippen LogP contribution in [0.2, 0.25) is 0 Å². The summed E-state index contributed by atoms with van der Waals surface area (Å²) in [6.45, 7) is 2.02. The summed E-state index contributed by atoms with van der Waals surface area (Å²) in [7, 11) is 0. The fourth-order valence-electron chi connectivity index (χ4n) is 2.95. The number of nitrogens with zero attached hydrogens (tertiary/aromatic N) is 2. The van der Waals surface area contributed by atoms with E-state index < -0.39 is 5.97 Å². The maximum absolute atomic E-state index is 11.1. The molecule has 0 unspecified atom stereocenters. The van der Waals surface area contributed by atoms with Crippen molar-refractivity contribution in [2.45, 2.75) is 6.92 Å². The average Bonchev–Trinajstić information content (AvgIpc) is 2.68. The zero-order chi connectivity index (χ0) is 18.8. The summed E-state index contributed by atoms with van der Waals surface area (Å²) >= 11 is 0. The Morgan fingerprint density at radius 3 is 2.56 bits per heavy atom. The number of nitrogens with one attached hydrogen (secondary N) is 1. The van der Waals surface area contributed by atoms with E-state index in [1.54, 1.807) is 12.1 Å². The molecule has 0 bridgehead atoms. The van der Waals surface area contributed by atoms with Gasteiger partial charge in [0.1, 0.15) is 5.82 Å². The number of hydrogen-bond donors (Lipinski definition) is 1. The molecule has 0 fully saturated rings. The van der Waals surface area contributed by atoms with Crippen LogP contribution in [0.1, 0.15) is 15.9 Å². The van der Waals surface area contributed by atoms with E-state index in [0.717, 1.165) is 22.0 Å². The summed E-state index contributed by atoms with van der Waals surface area (Å²) in [5.74, 6) is 0.00945. The highest BCUT2D eigenvalue weighted by Gasteiger charge is 2.10. The Hall–Kier alpha value is -3.73. The monoisotopic (exact) mass is 354 g/mol. The van der Waals surface area contributed by atoms with Gasteiger partial charge >= 0.3 is 0 Å². The minimum absolute atomic E-state index is 0.109. The predicted octanol–water partition coefficient (Wildman–Crippen LogP) is 3.71. The molecule has 0 aliphatic rings. The fourth-order valence-corrected chi connectivity index (χ4v) is 2.95. The van der Waals surface area contributed by atoms with Crippen LogP contribution in [0.5, 0.6) is 0 Å². The third-order valence-corrected chi connectivity index (χ3v) is 4.24. The number of rotatable bonds is 4. The summed E-state index contributed by atoms with van der Waals surface area (Å²) in [4.78, 5) is 20.5. The second kappa shape index (κ2) is 6.88. The van der Waals surface area contributed by atoms with Gasteiger partial charge in [-0.3, -0.25) is 0 Å². The van der Waals surface area contributed by atoms with Gasteiger partial charge in [-0.1, -0.05) is 48.0 Å². The number of carbonyl (C=O) groups excluding carboxylic acids is 1. The molecule has 132 valence electrons. The minimum atomic E-state index is -1.22. The van der Waals surface area contributed by atoms with Crippen LogP contribution >= 0.6 is 0 Å². The third-order valence-electron chi connectivity index (χ3n) is 4.24. The Morgan fingerprint density at radius 2 is 1.74 bits per heavy atom. The van der Waals surface area contributed by atoms with Gasteiger partial charge in [0.05, 0.1) is 11.5 Å². The highest BCUT2D eigenvalue weighted by Crippen LogP contribution is 2.27. The van der Waals surface area contributed by atoms with Gasteiger partial charge in [-0.15, -0.1) is 0 Å². The maximum atomic E-state index is 11.1. The molecule has 5 heteroatoms. The molecular formula is C22H16N3O2-. The summed E-state index contributed by atoms with van der Waals surface area (Å²) in [6.07, 6.45) is 0. The first-order valence-corrected chi connectivity index (χ1v) is 8.52. The molecule has 0 spiro atoms. The van der Waals surface area contributed by atoms with Crippen molar-refractivity contribution in [1.82, 2.24) is 9.97 Å². The smallest absolute Gasteiger partial charge is 0.162 e. The largest absolute Gasteiger partial charge is 0.545 e. The maximum Gasteiger partial charge on any atom is 0.162 e. The van der Waals surface area contributed by atoms with Crippen LogP contribution in [0, 0.1) is 6.92 Å². The minimum Gasteiger partial charge on any atom is -0.545 e. The molecule has 1 N–H and O–H groups in total. The molecule has 0 amide bonds. The van der Waals surface area contributed by atoms with Gasteiger partial charge in [0.25, 0.3) is 0 Å². The van der Waals surface area contributed by atoms with Crippen LogP contribution in [0.3, 0.4) is 0 Å². The van der Waals surface area contributed by atoms with Crippen molar-refractivity contribution in [1.29, 1.82) is 0 Å². The standard InChI is InChI=1S/C22H17N3O2/c1-14-6-4-7-15(12-14)20-24-19-11-3-2-10-18(19)21(25-20)23-17-9-5-8-16(13-17)22(26)27/h2-13H,1H3,(H,26,27)(H,23,24,25)/p-1. The zero-order valence-electron chi connectivity index (χ0n) is 14.6. The van der Waals surface area contributed by atoms with Crippen molar-refractivity contribution in [2.24, 2.45) is 0 Å². The Balaban J connectivity index is 1.84. The van der Waals surface area contributed by atoms with E-state index in [2.05, 4.69) is 10.3 Å². The Labute approximate surface area is 156 Å². The number of hydrogen-bond acceptors (Lipinski definition) is 5. The van der Waals surface area contributed by atoms with Crippen molar-refractivity contribution in [3.05, 3.63) is 83.9 Å². The number of carboxylic acids is 1. The van der Waals surface area contributed by atoms with Crippen molar-refractivity contribution in [3.63, 3.8) is 0 Å². The summed E-state index contributed by atoms with van der Waals surface area (Å²) in [5.41, 5.74) is 3.59. The number of carboxylic acid groups (broad SMARTS) is 1. The number of carbonyl (C=O) groups is 1. The van der Waals surface area contributed by atoms with Gasteiger partial charge < -0.3 is 15.2 Å². The second-order valence-electron chi connectivity index (χ2n) is 6.28. The first kappa shape index (κ1) is 16.7. The molecule has 0 radical (unpaired) electrons. The molecular weight excluding hydrogens is 338 g/mol. The quantitative estimate of drug-likeness (QED) is 0.604. The van der Waals surface area contributed by atoms with Crippen molar-refractivity contribution in [2.75, 3.05) is 5.32 Å². The van der Waals surface area contributed by atoms with E-state index in [4.69, 9.17) is 4.98 Å². The first-order chi connectivity index (χ1) is 13.1. The van der Waals surface area contributed by atoms with Gasteiger partial charge in [-0.05, 0) is 42.8 Å². The molecule has 1 heterocycles. The van der Waals surface area contributed by atoms with E-state index in [0.29, 0.717) is 17.3 Å². The topological polar surface area (TPSA) is 77.9 Å². The molecule has 27 heavy (non-hydrogen) atoms. The van der Waals surface area contributed by atoms with Crippen LogP contribution in [0.4, 0.5) is 11.5 Å². The van der Waals surface area contributed by atoms with Gasteiger partial charge in [0, 0.05) is 16.6 Å². The molecule has 4 aromatic rings. The number of aromatic carboxylic acids is 1. The molecule has 5 nitrogen and oxygen atoms in total. The molecule has 1 aromatic heterocycles. The Bertz CT molecular complexity index is 1160. The van der Waals surface area contributed by atoms with E-state index in [9.17, 15) is 9.90 Å². The molecule has 0 aliphatic heterocycles. The zero-order valence-corrected chi connectivity index (χ0v) is 14.6. The van der Waals surface area contributed by atoms with Gasteiger partial charge in [-0.2, -0.15) is 0 Å². The molecule has 0 saturated carbocycles.